The topological polar surface area (TPSA) is 127 Å². The first kappa shape index (κ1) is 18.1. The number of carbonyl (C=O) groups is 2. The van der Waals surface area contributed by atoms with Gasteiger partial charge in [0.15, 0.2) is 0 Å². The van der Waals surface area contributed by atoms with E-state index >= 15 is 0 Å². The second kappa shape index (κ2) is 9.90. The second-order valence-corrected chi connectivity index (χ2v) is 2.71. The maximum Gasteiger partial charge on any atom is 2.00 e. The van der Waals surface area contributed by atoms with Crippen molar-refractivity contribution in [2.24, 2.45) is 5.73 Å². The van der Waals surface area contributed by atoms with Gasteiger partial charge in [0.25, 0.3) is 0 Å². The number of aliphatic carboxylic acids is 2. The van der Waals surface area contributed by atoms with Gasteiger partial charge in [-0.1, -0.05) is 30.3 Å². The molecule has 88 valence electrons. The molecular weight excluding hydrogens is 280 g/mol. The van der Waals surface area contributed by atoms with Crippen molar-refractivity contribution in [2.75, 3.05) is 6.54 Å². The van der Waals surface area contributed by atoms with Crippen molar-refractivity contribution in [3.05, 3.63) is 35.9 Å². The molecule has 1 unspecified atom stereocenters. The van der Waals surface area contributed by atoms with E-state index < -0.39 is 18.0 Å². The maximum atomic E-state index is 10.1. The first-order valence-corrected chi connectivity index (χ1v) is 4.32. The Hall–Kier alpha value is -1.30. The molecule has 1 rings (SSSR count). The van der Waals surface area contributed by atoms with E-state index in [2.05, 4.69) is 5.73 Å². The van der Waals surface area contributed by atoms with Gasteiger partial charge in [0.05, 0.1) is 11.9 Å². The summed E-state index contributed by atoms with van der Waals surface area (Å²) in [5, 5.41) is 28.2. The molecule has 1 aromatic rings. The summed E-state index contributed by atoms with van der Waals surface area (Å²) in [6.45, 7) is -0.389. The smallest absolute Gasteiger partial charge is 0.549 e. The number of carbonyl (C=O) groups excluding carboxylic acids is 2. The first-order chi connectivity index (χ1) is 7.49. The Morgan fingerprint density at radius 3 is 1.94 bits per heavy atom. The van der Waals surface area contributed by atoms with Crippen LogP contribution in [0.3, 0.4) is 0 Å². The van der Waals surface area contributed by atoms with Crippen LogP contribution >= 0.6 is 0 Å². The summed E-state index contributed by atoms with van der Waals surface area (Å²) in [4.78, 5) is 19.3. The third-order valence-corrected chi connectivity index (χ3v) is 1.51. The Kier molecular flexibility index (Phi) is 10.5. The van der Waals surface area contributed by atoms with Crippen molar-refractivity contribution in [2.45, 2.75) is 6.10 Å². The summed E-state index contributed by atoms with van der Waals surface area (Å²) in [7, 11) is 0. The Bertz CT molecular complexity index is 344. The molecule has 1 atom stereocenters. The molecule has 3 N–H and O–H groups in total. The third kappa shape index (κ3) is 8.50. The molecule has 0 radical (unpaired) electrons. The fraction of sp³-hybridized carbons (Fsp3) is 0.200. The van der Waals surface area contributed by atoms with Crippen LogP contribution in [0.1, 0.15) is 11.7 Å². The van der Waals surface area contributed by atoms with E-state index in [0.29, 0.717) is 5.56 Å². The van der Waals surface area contributed by atoms with E-state index in [1.165, 1.54) is 12.1 Å². The van der Waals surface area contributed by atoms with Crippen LogP contribution in [-0.4, -0.2) is 23.6 Å². The number of hydrogen-bond donors (Lipinski definition) is 2. The van der Waals surface area contributed by atoms with Crippen molar-refractivity contribution >= 4 is 11.9 Å². The zero-order valence-electron chi connectivity index (χ0n) is 9.04. The quantitative estimate of drug-likeness (QED) is 0.578. The van der Waals surface area contributed by atoms with Gasteiger partial charge in [-0.25, -0.2) is 0 Å². The molecule has 0 amide bonds. The number of nitrogens with two attached hydrogens (primary N) is 1. The van der Waals surface area contributed by atoms with Crippen molar-refractivity contribution in [3.63, 3.8) is 0 Å². The molecule has 0 saturated carbocycles. The Morgan fingerprint density at radius 1 is 1.24 bits per heavy atom. The zero-order valence-corrected chi connectivity index (χ0v) is 12.0. The molecule has 0 aliphatic rings. The summed E-state index contributed by atoms with van der Waals surface area (Å²) in [6, 6.07) is 8.11. The molecule has 1 aromatic carbocycles. The molecule has 0 fully saturated rings. The fourth-order valence-corrected chi connectivity index (χ4v) is 0.771. The second-order valence-electron chi connectivity index (χ2n) is 2.71. The van der Waals surface area contributed by atoms with E-state index in [1.807, 2.05) is 0 Å². The Labute approximate surface area is 111 Å². The summed E-state index contributed by atoms with van der Waals surface area (Å²) < 4.78 is 0. The van der Waals surface area contributed by atoms with Crippen LogP contribution < -0.4 is 15.9 Å². The number of rotatable bonds is 3. The minimum atomic E-state index is -1.52. The number of carboxylic acids is 2. The van der Waals surface area contributed by atoms with Gasteiger partial charge in [-0.15, -0.1) is 0 Å². The van der Waals surface area contributed by atoms with E-state index in [4.69, 9.17) is 15.0 Å². The minimum Gasteiger partial charge on any atom is -0.549 e. The molecule has 0 aliphatic heterocycles. The van der Waals surface area contributed by atoms with Crippen LogP contribution in [0.15, 0.2) is 30.3 Å². The van der Waals surface area contributed by atoms with Crippen LogP contribution in [0, 0.1) is 0 Å². The fourth-order valence-electron chi connectivity index (χ4n) is 0.771. The molecule has 0 aliphatic carbocycles. The number of aliphatic hydroxyl groups excluding tert-OH is 1. The van der Waals surface area contributed by atoms with E-state index in [-0.39, 0.29) is 26.0 Å². The summed E-state index contributed by atoms with van der Waals surface area (Å²) in [6.07, 6.45) is -1.52. The zero-order chi connectivity index (χ0) is 12.6. The van der Waals surface area contributed by atoms with Crippen LogP contribution in [-0.2, 0) is 29.1 Å². The van der Waals surface area contributed by atoms with Crippen molar-refractivity contribution in [1.29, 1.82) is 0 Å². The van der Waals surface area contributed by atoms with Crippen LogP contribution in [0.4, 0.5) is 0 Å². The molecule has 6 nitrogen and oxygen atoms in total. The predicted octanol–water partition coefficient (Wildman–Crippen LogP) is -2.84. The van der Waals surface area contributed by atoms with Gasteiger partial charge in [0.1, 0.15) is 6.10 Å². The predicted molar refractivity (Wildman–Crippen MR) is 50.5 cm³/mol. The van der Waals surface area contributed by atoms with E-state index in [0.717, 1.165) is 0 Å². The number of carboxylic acid groups (broad SMARTS) is 2. The molecular formula is C10H11NO5Zn. The largest absolute Gasteiger partial charge is 2.00 e. The van der Waals surface area contributed by atoms with Crippen LogP contribution in [0.5, 0.6) is 0 Å². The van der Waals surface area contributed by atoms with Gasteiger partial charge in [0.2, 0.25) is 0 Å². The molecule has 0 saturated heterocycles. The van der Waals surface area contributed by atoms with Gasteiger partial charge in [-0.05, 0) is 5.56 Å². The molecule has 7 heteroatoms. The van der Waals surface area contributed by atoms with E-state index in [1.54, 1.807) is 18.2 Å². The molecule has 17 heavy (non-hydrogen) atoms. The Balaban J connectivity index is 0. The normalized spacial score (nSPS) is 10.2. The van der Waals surface area contributed by atoms with Crippen molar-refractivity contribution in [1.82, 2.24) is 0 Å². The summed E-state index contributed by atoms with van der Waals surface area (Å²) >= 11 is 0. The monoisotopic (exact) mass is 289 g/mol. The molecule has 0 bridgehead atoms. The number of benzene rings is 1. The standard InChI is InChI=1S/C8H8O3.C2H5NO2.Zn/c9-7(8(10)11)6-4-2-1-3-5-6;3-1-2(4)5;/h1-5,7,9H,(H,10,11);1,3H2,(H,4,5);/q;;+2/p-2. The van der Waals surface area contributed by atoms with Crippen LogP contribution in [0.2, 0.25) is 0 Å². The van der Waals surface area contributed by atoms with Gasteiger partial charge in [-0.3, -0.25) is 0 Å². The van der Waals surface area contributed by atoms with Gasteiger partial charge in [0, 0.05) is 6.54 Å². The number of aliphatic hydroxyl groups is 1. The number of hydrogen-bond acceptors (Lipinski definition) is 6. The maximum absolute atomic E-state index is 10.1. The van der Waals surface area contributed by atoms with Gasteiger partial charge in [-0.2, -0.15) is 0 Å². The van der Waals surface area contributed by atoms with Crippen molar-refractivity contribution in [3.8, 4) is 0 Å². The first-order valence-electron chi connectivity index (χ1n) is 4.32. The summed E-state index contributed by atoms with van der Waals surface area (Å²) in [5.74, 6) is -2.69. The van der Waals surface area contributed by atoms with Crippen molar-refractivity contribution < 1.29 is 44.4 Å². The molecule has 0 heterocycles. The average molecular weight is 291 g/mol. The van der Waals surface area contributed by atoms with Gasteiger partial charge < -0.3 is 30.6 Å². The third-order valence-electron chi connectivity index (χ3n) is 1.51. The molecule has 0 spiro atoms. The van der Waals surface area contributed by atoms with Crippen LogP contribution in [0.25, 0.3) is 0 Å². The minimum absolute atomic E-state index is 0. The SMILES string of the molecule is NCC(=O)[O-].O=C([O-])C(O)c1ccccc1.[Zn+2]. The van der Waals surface area contributed by atoms with E-state index in [9.17, 15) is 9.90 Å². The average Bonchev–Trinajstić information content (AvgIpc) is 2.29. The summed E-state index contributed by atoms with van der Waals surface area (Å²) in [5.41, 5.74) is 4.85. The molecule has 0 aromatic heterocycles. The Morgan fingerprint density at radius 2 is 1.65 bits per heavy atom. The van der Waals surface area contributed by atoms with Gasteiger partial charge >= 0.3 is 19.5 Å².